The number of nitrogens with two attached hydrogens (primary N) is 1. The van der Waals surface area contributed by atoms with Crippen molar-refractivity contribution in [3.63, 3.8) is 0 Å². The zero-order valence-electron chi connectivity index (χ0n) is 11.5. The van der Waals surface area contributed by atoms with E-state index >= 15 is 0 Å². The molecule has 1 aliphatic heterocycles. The molecule has 104 valence electrons. The lowest BCUT2D eigenvalue weighted by Crippen LogP contribution is -2.54. The average Bonchev–Trinajstić information content (AvgIpc) is 2.75. The molecule has 1 saturated heterocycles. The van der Waals surface area contributed by atoms with Crippen molar-refractivity contribution in [2.24, 2.45) is 17.6 Å². The Bertz CT molecular complexity index is 296. The molecular formula is C15H28N2O. The molecule has 0 bridgehead atoms. The van der Waals surface area contributed by atoms with E-state index in [2.05, 4.69) is 4.90 Å². The van der Waals surface area contributed by atoms with Gasteiger partial charge in [-0.25, -0.2) is 0 Å². The molecule has 2 saturated carbocycles. The molecule has 3 fully saturated rings. The Morgan fingerprint density at radius 3 is 2.78 bits per heavy atom. The third-order valence-corrected chi connectivity index (χ3v) is 5.72. The van der Waals surface area contributed by atoms with Crippen molar-refractivity contribution in [1.29, 1.82) is 0 Å². The number of nitrogens with zero attached hydrogens (tertiary/aromatic N) is 1. The Morgan fingerprint density at radius 2 is 2.00 bits per heavy atom. The van der Waals surface area contributed by atoms with Crippen LogP contribution in [-0.2, 0) is 0 Å². The Hall–Kier alpha value is -0.120. The third kappa shape index (κ3) is 2.45. The van der Waals surface area contributed by atoms with Crippen LogP contribution < -0.4 is 5.73 Å². The van der Waals surface area contributed by atoms with Crippen LogP contribution in [0, 0.1) is 11.8 Å². The molecule has 0 aromatic heterocycles. The smallest absolute Gasteiger partial charge is 0.0700 e. The Kier molecular flexibility index (Phi) is 3.65. The minimum absolute atomic E-state index is 0.327. The van der Waals surface area contributed by atoms with Crippen LogP contribution in [0.2, 0.25) is 0 Å². The number of fused-ring (bicyclic) bond motifs is 1. The monoisotopic (exact) mass is 252 g/mol. The van der Waals surface area contributed by atoms with Gasteiger partial charge in [0.1, 0.15) is 0 Å². The lowest BCUT2D eigenvalue weighted by atomic mass is 9.71. The van der Waals surface area contributed by atoms with Crippen molar-refractivity contribution < 1.29 is 5.11 Å². The Labute approximate surface area is 111 Å². The van der Waals surface area contributed by atoms with Gasteiger partial charge < -0.3 is 15.7 Å². The molecule has 0 amide bonds. The van der Waals surface area contributed by atoms with Crippen LogP contribution in [0.3, 0.4) is 0 Å². The van der Waals surface area contributed by atoms with E-state index < -0.39 is 0 Å². The minimum atomic E-state index is -0.327. The fourth-order valence-electron chi connectivity index (χ4n) is 4.43. The predicted molar refractivity (Wildman–Crippen MR) is 73.3 cm³/mol. The van der Waals surface area contributed by atoms with Gasteiger partial charge in [0, 0.05) is 31.6 Å². The van der Waals surface area contributed by atoms with Crippen molar-refractivity contribution in [2.45, 2.75) is 63.0 Å². The molecule has 0 aromatic rings. The summed E-state index contributed by atoms with van der Waals surface area (Å²) in [5.41, 5.74) is 5.85. The second-order valence-electron chi connectivity index (χ2n) is 6.91. The SMILES string of the molecule is NC1CCCC1CN1CCC2(O)CCCCC2C1. The Morgan fingerprint density at radius 1 is 1.11 bits per heavy atom. The molecule has 4 atom stereocenters. The lowest BCUT2D eigenvalue weighted by Gasteiger charge is -2.48. The van der Waals surface area contributed by atoms with Crippen LogP contribution in [0.15, 0.2) is 0 Å². The van der Waals surface area contributed by atoms with Gasteiger partial charge in [-0.2, -0.15) is 0 Å². The first-order valence-electron chi connectivity index (χ1n) is 7.88. The zero-order valence-corrected chi connectivity index (χ0v) is 11.5. The molecule has 1 heterocycles. The summed E-state index contributed by atoms with van der Waals surface area (Å²) in [5.74, 6) is 1.23. The van der Waals surface area contributed by atoms with Crippen molar-refractivity contribution >= 4 is 0 Å². The topological polar surface area (TPSA) is 49.5 Å². The molecule has 3 rings (SSSR count). The molecule has 3 nitrogen and oxygen atoms in total. The zero-order chi connectivity index (χ0) is 12.6. The maximum Gasteiger partial charge on any atom is 0.0700 e. The van der Waals surface area contributed by atoms with Gasteiger partial charge >= 0.3 is 0 Å². The highest BCUT2D eigenvalue weighted by atomic mass is 16.3. The molecule has 3 aliphatic rings. The fraction of sp³-hybridized carbons (Fsp3) is 1.00. The summed E-state index contributed by atoms with van der Waals surface area (Å²) < 4.78 is 0. The van der Waals surface area contributed by atoms with E-state index in [0.717, 1.165) is 25.9 Å². The summed E-state index contributed by atoms with van der Waals surface area (Å²) in [6, 6.07) is 0.428. The van der Waals surface area contributed by atoms with Crippen LogP contribution in [-0.4, -0.2) is 41.3 Å². The van der Waals surface area contributed by atoms with Crippen molar-refractivity contribution in [2.75, 3.05) is 19.6 Å². The summed E-state index contributed by atoms with van der Waals surface area (Å²) >= 11 is 0. The number of hydrogen-bond donors (Lipinski definition) is 2. The van der Waals surface area contributed by atoms with Crippen LogP contribution >= 0.6 is 0 Å². The molecule has 4 unspecified atom stereocenters. The lowest BCUT2D eigenvalue weighted by molar-refractivity contribution is -0.0972. The maximum absolute atomic E-state index is 10.7. The van der Waals surface area contributed by atoms with Crippen LogP contribution in [0.4, 0.5) is 0 Å². The second kappa shape index (κ2) is 5.10. The molecule has 0 radical (unpaired) electrons. The van der Waals surface area contributed by atoms with Crippen molar-refractivity contribution in [3.8, 4) is 0 Å². The summed E-state index contributed by atoms with van der Waals surface area (Å²) in [4.78, 5) is 2.58. The summed E-state index contributed by atoms with van der Waals surface area (Å²) in [6.45, 7) is 3.36. The first kappa shape index (κ1) is 12.9. The van der Waals surface area contributed by atoms with E-state index in [1.807, 2.05) is 0 Å². The van der Waals surface area contributed by atoms with Gasteiger partial charge in [-0.1, -0.05) is 19.3 Å². The highest BCUT2D eigenvalue weighted by molar-refractivity contribution is 4.96. The molecule has 3 N–H and O–H groups in total. The largest absolute Gasteiger partial charge is 0.390 e. The fourth-order valence-corrected chi connectivity index (χ4v) is 4.43. The van der Waals surface area contributed by atoms with Crippen molar-refractivity contribution in [3.05, 3.63) is 0 Å². The minimum Gasteiger partial charge on any atom is -0.390 e. The van der Waals surface area contributed by atoms with E-state index in [4.69, 9.17) is 5.73 Å². The van der Waals surface area contributed by atoms with Gasteiger partial charge in [0.05, 0.1) is 5.60 Å². The first-order chi connectivity index (χ1) is 8.67. The highest BCUT2D eigenvalue weighted by Gasteiger charge is 2.43. The number of hydrogen-bond acceptors (Lipinski definition) is 3. The van der Waals surface area contributed by atoms with Crippen LogP contribution in [0.1, 0.15) is 51.4 Å². The van der Waals surface area contributed by atoms with Gasteiger partial charge in [-0.15, -0.1) is 0 Å². The Balaban J connectivity index is 1.56. The molecule has 0 spiro atoms. The maximum atomic E-state index is 10.7. The molecule has 3 heteroatoms. The van der Waals surface area contributed by atoms with Crippen LogP contribution in [0.5, 0.6) is 0 Å². The quantitative estimate of drug-likeness (QED) is 0.787. The first-order valence-corrected chi connectivity index (χ1v) is 7.88. The normalized spacial score (nSPS) is 46.0. The van der Waals surface area contributed by atoms with E-state index in [0.29, 0.717) is 17.9 Å². The van der Waals surface area contributed by atoms with Crippen molar-refractivity contribution in [1.82, 2.24) is 4.90 Å². The molecular weight excluding hydrogens is 224 g/mol. The molecule has 2 aliphatic carbocycles. The summed E-state index contributed by atoms with van der Waals surface area (Å²) in [6.07, 6.45) is 9.62. The van der Waals surface area contributed by atoms with Crippen LogP contribution in [0.25, 0.3) is 0 Å². The number of aliphatic hydroxyl groups is 1. The predicted octanol–water partition coefficient (Wildman–Crippen LogP) is 1.74. The second-order valence-corrected chi connectivity index (χ2v) is 6.91. The number of piperidine rings is 1. The molecule has 0 aromatic carbocycles. The van der Waals surface area contributed by atoms with E-state index in [9.17, 15) is 5.11 Å². The van der Waals surface area contributed by atoms with Gasteiger partial charge in [0.2, 0.25) is 0 Å². The van der Waals surface area contributed by atoms with Gasteiger partial charge in [0.25, 0.3) is 0 Å². The third-order valence-electron chi connectivity index (χ3n) is 5.72. The molecule has 18 heavy (non-hydrogen) atoms. The van der Waals surface area contributed by atoms with E-state index in [-0.39, 0.29) is 5.60 Å². The average molecular weight is 252 g/mol. The van der Waals surface area contributed by atoms with E-state index in [1.165, 1.54) is 45.1 Å². The summed E-state index contributed by atoms with van der Waals surface area (Å²) in [5, 5.41) is 10.7. The number of rotatable bonds is 2. The highest BCUT2D eigenvalue weighted by Crippen LogP contribution is 2.40. The summed E-state index contributed by atoms with van der Waals surface area (Å²) in [7, 11) is 0. The van der Waals surface area contributed by atoms with Gasteiger partial charge in [-0.3, -0.25) is 0 Å². The van der Waals surface area contributed by atoms with Gasteiger partial charge in [-0.05, 0) is 38.0 Å². The standard InChI is InChI=1S/C15H28N2O/c16-14-6-3-4-12(14)10-17-9-8-15(18)7-2-1-5-13(15)11-17/h12-14,18H,1-11,16H2. The van der Waals surface area contributed by atoms with Gasteiger partial charge in [0.15, 0.2) is 0 Å². The number of likely N-dealkylation sites (tertiary alicyclic amines) is 1. The van der Waals surface area contributed by atoms with E-state index in [1.54, 1.807) is 0 Å².